The molecule has 150 valence electrons. The van der Waals surface area contributed by atoms with Crippen molar-refractivity contribution in [2.45, 2.75) is 13.3 Å². The van der Waals surface area contributed by atoms with Gasteiger partial charge in [0.25, 0.3) is 5.91 Å². The molecule has 0 radical (unpaired) electrons. The molecule has 0 saturated carbocycles. The van der Waals surface area contributed by atoms with E-state index in [1.54, 1.807) is 37.3 Å². The van der Waals surface area contributed by atoms with Gasteiger partial charge in [-0.25, -0.2) is 8.42 Å². The number of nitrogens with one attached hydrogen (secondary N) is 2. The molecule has 0 saturated heterocycles. The van der Waals surface area contributed by atoms with E-state index in [2.05, 4.69) is 10.0 Å². The van der Waals surface area contributed by atoms with E-state index in [0.717, 1.165) is 22.9 Å². The molecule has 0 aliphatic rings. The monoisotopic (exact) mass is 410 g/mol. The highest BCUT2D eigenvalue weighted by molar-refractivity contribution is 7.92. The van der Waals surface area contributed by atoms with Gasteiger partial charge in [0.05, 0.1) is 17.5 Å². The predicted molar refractivity (Wildman–Crippen MR) is 115 cm³/mol. The molecule has 3 aromatic carbocycles. The number of aromatic hydroxyl groups is 1. The number of anilines is 2. The fourth-order valence-electron chi connectivity index (χ4n) is 2.91. The molecule has 0 bridgehead atoms. The molecule has 0 aliphatic carbocycles. The van der Waals surface area contributed by atoms with Crippen LogP contribution in [0.25, 0.3) is 0 Å². The predicted octanol–water partition coefficient (Wildman–Crippen LogP) is 3.92. The summed E-state index contributed by atoms with van der Waals surface area (Å²) in [7, 11) is -3.44. The third-order valence-corrected chi connectivity index (χ3v) is 4.94. The SMILES string of the molecule is Cc1ccc(NC(=O)c2cc(Cc3ccccc3)ccc2O)cc1NS(C)(=O)=O. The van der Waals surface area contributed by atoms with E-state index in [1.165, 1.54) is 6.07 Å². The van der Waals surface area contributed by atoms with Gasteiger partial charge in [0.15, 0.2) is 0 Å². The molecule has 0 spiro atoms. The van der Waals surface area contributed by atoms with Gasteiger partial charge in [-0.2, -0.15) is 0 Å². The number of phenols is 1. The Morgan fingerprint density at radius 2 is 1.69 bits per heavy atom. The summed E-state index contributed by atoms with van der Waals surface area (Å²) in [6.45, 7) is 1.76. The maximum Gasteiger partial charge on any atom is 0.259 e. The zero-order valence-electron chi connectivity index (χ0n) is 16.1. The van der Waals surface area contributed by atoms with Crippen LogP contribution in [0.4, 0.5) is 11.4 Å². The number of sulfonamides is 1. The number of rotatable bonds is 6. The van der Waals surface area contributed by atoms with Crippen LogP contribution in [0.15, 0.2) is 66.7 Å². The van der Waals surface area contributed by atoms with Crippen LogP contribution >= 0.6 is 0 Å². The first kappa shape index (κ1) is 20.4. The van der Waals surface area contributed by atoms with Crippen molar-refractivity contribution >= 4 is 27.3 Å². The largest absolute Gasteiger partial charge is 0.507 e. The molecular formula is C22H22N2O4S. The number of amides is 1. The van der Waals surface area contributed by atoms with Crippen LogP contribution in [0.1, 0.15) is 27.0 Å². The van der Waals surface area contributed by atoms with Crippen molar-refractivity contribution in [2.75, 3.05) is 16.3 Å². The Hall–Kier alpha value is -3.32. The molecule has 0 aliphatic heterocycles. The lowest BCUT2D eigenvalue weighted by Gasteiger charge is -2.12. The van der Waals surface area contributed by atoms with Crippen LogP contribution in [0.3, 0.4) is 0 Å². The van der Waals surface area contributed by atoms with Crippen molar-refractivity contribution in [2.24, 2.45) is 0 Å². The molecule has 0 fully saturated rings. The molecule has 0 heterocycles. The van der Waals surface area contributed by atoms with Crippen LogP contribution in [0.5, 0.6) is 5.75 Å². The Balaban J connectivity index is 1.82. The lowest BCUT2D eigenvalue weighted by atomic mass is 10.0. The van der Waals surface area contributed by atoms with Crippen molar-refractivity contribution in [3.8, 4) is 5.75 Å². The fourth-order valence-corrected chi connectivity index (χ4v) is 3.53. The molecule has 6 nitrogen and oxygen atoms in total. The minimum Gasteiger partial charge on any atom is -0.507 e. The highest BCUT2D eigenvalue weighted by atomic mass is 32.2. The zero-order valence-corrected chi connectivity index (χ0v) is 17.0. The Morgan fingerprint density at radius 1 is 0.966 bits per heavy atom. The number of phenolic OH excluding ortho intramolecular Hbond substituents is 1. The minimum atomic E-state index is -3.44. The van der Waals surface area contributed by atoms with Crippen molar-refractivity contribution < 1.29 is 18.3 Å². The Morgan fingerprint density at radius 3 is 2.38 bits per heavy atom. The normalized spacial score (nSPS) is 11.1. The summed E-state index contributed by atoms with van der Waals surface area (Å²) in [5, 5.41) is 12.9. The number of benzene rings is 3. The van der Waals surface area contributed by atoms with E-state index in [1.807, 2.05) is 30.3 Å². The van der Waals surface area contributed by atoms with Gasteiger partial charge in [0, 0.05) is 5.69 Å². The molecule has 29 heavy (non-hydrogen) atoms. The van der Waals surface area contributed by atoms with Crippen LogP contribution < -0.4 is 10.0 Å². The van der Waals surface area contributed by atoms with Crippen LogP contribution in [0.2, 0.25) is 0 Å². The number of aryl methyl sites for hydroxylation is 1. The third-order valence-electron chi connectivity index (χ3n) is 4.35. The van der Waals surface area contributed by atoms with Crippen LogP contribution in [-0.4, -0.2) is 25.7 Å². The van der Waals surface area contributed by atoms with Crippen molar-refractivity contribution in [3.63, 3.8) is 0 Å². The molecular weight excluding hydrogens is 388 g/mol. The summed E-state index contributed by atoms with van der Waals surface area (Å²) in [6.07, 6.45) is 1.70. The molecule has 7 heteroatoms. The quantitative estimate of drug-likeness (QED) is 0.574. The first-order valence-electron chi connectivity index (χ1n) is 8.97. The number of hydrogen-bond donors (Lipinski definition) is 3. The van der Waals surface area contributed by atoms with Crippen LogP contribution in [0, 0.1) is 6.92 Å². The highest BCUT2D eigenvalue weighted by Crippen LogP contribution is 2.24. The smallest absolute Gasteiger partial charge is 0.259 e. The number of hydrogen-bond acceptors (Lipinski definition) is 4. The maximum atomic E-state index is 12.7. The van der Waals surface area contributed by atoms with E-state index in [0.29, 0.717) is 17.8 Å². The van der Waals surface area contributed by atoms with Crippen molar-refractivity contribution in [3.05, 3.63) is 89.0 Å². The highest BCUT2D eigenvalue weighted by Gasteiger charge is 2.14. The molecule has 3 rings (SSSR count). The average Bonchev–Trinajstić information content (AvgIpc) is 2.65. The van der Waals surface area contributed by atoms with Gasteiger partial charge in [-0.05, 0) is 54.3 Å². The fraction of sp³-hybridized carbons (Fsp3) is 0.136. The van der Waals surface area contributed by atoms with E-state index in [4.69, 9.17) is 0 Å². The van der Waals surface area contributed by atoms with Gasteiger partial charge in [0.2, 0.25) is 10.0 Å². The Labute approximate surface area is 170 Å². The number of carbonyl (C=O) groups excluding carboxylic acids is 1. The molecule has 3 aromatic rings. The van der Waals surface area contributed by atoms with Gasteiger partial charge in [-0.3, -0.25) is 9.52 Å². The second-order valence-electron chi connectivity index (χ2n) is 6.87. The average molecular weight is 410 g/mol. The number of carbonyl (C=O) groups is 1. The summed E-state index contributed by atoms with van der Waals surface area (Å²) in [5.41, 5.74) is 3.66. The van der Waals surface area contributed by atoms with Gasteiger partial charge >= 0.3 is 0 Å². The second-order valence-corrected chi connectivity index (χ2v) is 8.62. The molecule has 3 N–H and O–H groups in total. The molecule has 0 aromatic heterocycles. The zero-order chi connectivity index (χ0) is 21.0. The second kappa shape index (κ2) is 8.36. The third kappa shape index (κ3) is 5.58. The Bertz CT molecular complexity index is 1140. The van der Waals surface area contributed by atoms with Crippen molar-refractivity contribution in [1.82, 2.24) is 0 Å². The molecule has 0 unspecified atom stereocenters. The summed E-state index contributed by atoms with van der Waals surface area (Å²) in [5.74, 6) is -0.604. The van der Waals surface area contributed by atoms with Gasteiger partial charge in [0.1, 0.15) is 5.75 Å². The van der Waals surface area contributed by atoms with Gasteiger partial charge < -0.3 is 10.4 Å². The summed E-state index contributed by atoms with van der Waals surface area (Å²) in [4.78, 5) is 12.7. The van der Waals surface area contributed by atoms with E-state index >= 15 is 0 Å². The molecule has 1 amide bonds. The topological polar surface area (TPSA) is 95.5 Å². The lowest BCUT2D eigenvalue weighted by Crippen LogP contribution is -2.14. The van der Waals surface area contributed by atoms with Crippen molar-refractivity contribution in [1.29, 1.82) is 0 Å². The van der Waals surface area contributed by atoms with Gasteiger partial charge in [-0.15, -0.1) is 0 Å². The van der Waals surface area contributed by atoms with Gasteiger partial charge in [-0.1, -0.05) is 42.5 Å². The first-order chi connectivity index (χ1) is 13.7. The Kier molecular flexibility index (Phi) is 5.89. The first-order valence-corrected chi connectivity index (χ1v) is 10.9. The summed E-state index contributed by atoms with van der Waals surface area (Å²) in [6, 6.07) is 19.7. The van der Waals surface area contributed by atoms with E-state index in [-0.39, 0.29) is 11.3 Å². The lowest BCUT2D eigenvalue weighted by molar-refractivity contribution is 0.102. The van der Waals surface area contributed by atoms with E-state index < -0.39 is 15.9 Å². The van der Waals surface area contributed by atoms with E-state index in [9.17, 15) is 18.3 Å². The molecule has 0 atom stereocenters. The standard InChI is InChI=1S/C22H22N2O4S/c1-15-8-10-18(14-20(15)24-29(2,27)28)23-22(26)19-13-17(9-11-21(19)25)12-16-6-4-3-5-7-16/h3-11,13-14,24-25H,12H2,1-2H3,(H,23,26). The minimum absolute atomic E-state index is 0.124. The summed E-state index contributed by atoms with van der Waals surface area (Å²) < 4.78 is 25.4. The maximum absolute atomic E-state index is 12.7. The summed E-state index contributed by atoms with van der Waals surface area (Å²) >= 11 is 0. The van der Waals surface area contributed by atoms with Crippen LogP contribution in [-0.2, 0) is 16.4 Å².